The highest BCUT2D eigenvalue weighted by molar-refractivity contribution is 5.86. The van der Waals surface area contributed by atoms with E-state index in [1.165, 1.54) is 7.11 Å². The van der Waals surface area contributed by atoms with Crippen molar-refractivity contribution < 1.29 is 13.9 Å². The molecule has 0 radical (unpaired) electrons. The Morgan fingerprint density at radius 1 is 1.60 bits per heavy atom. The zero-order valence-corrected chi connectivity index (χ0v) is 8.79. The first kappa shape index (κ1) is 11.3. The van der Waals surface area contributed by atoms with Gasteiger partial charge >= 0.3 is 5.97 Å². The van der Waals surface area contributed by atoms with Gasteiger partial charge in [-0.05, 0) is 19.1 Å². The Kier molecular flexibility index (Phi) is 4.45. The topological polar surface area (TPSA) is 51.5 Å². The minimum absolute atomic E-state index is 0.218. The summed E-state index contributed by atoms with van der Waals surface area (Å²) in [7, 11) is 1.32. The standard InChI is InChI=1S/C11H13NO3/c1-3-4-7-12-8-9-5-6-10(15-9)11(13)14-2/h5-6,12H,7-8H2,1-2H3. The zero-order valence-electron chi connectivity index (χ0n) is 8.79. The highest BCUT2D eigenvalue weighted by Gasteiger charge is 2.10. The molecule has 0 amide bonds. The third-order valence-corrected chi connectivity index (χ3v) is 1.74. The van der Waals surface area contributed by atoms with Gasteiger partial charge in [0.15, 0.2) is 0 Å². The molecule has 1 aromatic rings. The van der Waals surface area contributed by atoms with Crippen molar-refractivity contribution in [3.63, 3.8) is 0 Å². The molecule has 0 fully saturated rings. The minimum Gasteiger partial charge on any atom is -0.463 e. The van der Waals surface area contributed by atoms with Crippen LogP contribution in [-0.2, 0) is 11.3 Å². The number of rotatable bonds is 4. The second kappa shape index (κ2) is 5.89. The lowest BCUT2D eigenvalue weighted by atomic mass is 10.4. The molecule has 0 spiro atoms. The molecule has 1 N–H and O–H groups in total. The largest absolute Gasteiger partial charge is 0.463 e. The van der Waals surface area contributed by atoms with Gasteiger partial charge in [0.2, 0.25) is 5.76 Å². The van der Waals surface area contributed by atoms with Crippen LogP contribution < -0.4 is 5.32 Å². The second-order valence-corrected chi connectivity index (χ2v) is 2.79. The quantitative estimate of drug-likeness (QED) is 0.457. The maximum Gasteiger partial charge on any atom is 0.373 e. The van der Waals surface area contributed by atoms with Crippen molar-refractivity contribution in [2.24, 2.45) is 0 Å². The fourth-order valence-electron chi connectivity index (χ4n) is 1.02. The summed E-state index contributed by atoms with van der Waals surface area (Å²) >= 11 is 0. The summed E-state index contributed by atoms with van der Waals surface area (Å²) in [6, 6.07) is 3.33. The molecule has 0 saturated carbocycles. The van der Waals surface area contributed by atoms with E-state index in [2.05, 4.69) is 21.9 Å². The molecule has 1 rings (SSSR count). The van der Waals surface area contributed by atoms with E-state index in [0.29, 0.717) is 18.8 Å². The highest BCUT2D eigenvalue weighted by atomic mass is 16.5. The SMILES string of the molecule is CC#CCNCc1ccc(C(=O)OC)o1. The maximum absolute atomic E-state index is 11.0. The van der Waals surface area contributed by atoms with Gasteiger partial charge in [-0.1, -0.05) is 5.92 Å². The van der Waals surface area contributed by atoms with Crippen molar-refractivity contribution in [2.45, 2.75) is 13.5 Å². The van der Waals surface area contributed by atoms with Gasteiger partial charge in [-0.2, -0.15) is 0 Å². The van der Waals surface area contributed by atoms with Crippen LogP contribution in [0.4, 0.5) is 0 Å². The van der Waals surface area contributed by atoms with Gasteiger partial charge in [0.1, 0.15) is 5.76 Å². The molecular weight excluding hydrogens is 194 g/mol. The van der Waals surface area contributed by atoms with E-state index in [9.17, 15) is 4.79 Å². The Morgan fingerprint density at radius 3 is 3.07 bits per heavy atom. The van der Waals surface area contributed by atoms with E-state index in [0.717, 1.165) is 0 Å². The molecule has 0 aliphatic rings. The van der Waals surface area contributed by atoms with Crippen molar-refractivity contribution in [3.8, 4) is 11.8 Å². The molecular formula is C11H13NO3. The molecule has 0 bridgehead atoms. The van der Waals surface area contributed by atoms with Crippen LogP contribution in [0.15, 0.2) is 16.5 Å². The maximum atomic E-state index is 11.0. The summed E-state index contributed by atoms with van der Waals surface area (Å²) in [5.41, 5.74) is 0. The van der Waals surface area contributed by atoms with E-state index in [-0.39, 0.29) is 5.76 Å². The Hall–Kier alpha value is -1.73. The van der Waals surface area contributed by atoms with E-state index in [1.54, 1.807) is 19.1 Å². The fourth-order valence-corrected chi connectivity index (χ4v) is 1.02. The Bertz CT molecular complexity index is 384. The van der Waals surface area contributed by atoms with Crippen LogP contribution in [0, 0.1) is 11.8 Å². The van der Waals surface area contributed by atoms with Gasteiger partial charge in [0, 0.05) is 0 Å². The number of methoxy groups -OCH3 is 1. The summed E-state index contributed by atoms with van der Waals surface area (Å²) in [6.45, 7) is 2.93. The molecule has 0 saturated heterocycles. The Morgan fingerprint density at radius 2 is 2.40 bits per heavy atom. The Labute approximate surface area is 88.6 Å². The third-order valence-electron chi connectivity index (χ3n) is 1.74. The number of furan rings is 1. The van der Waals surface area contributed by atoms with Crippen molar-refractivity contribution in [3.05, 3.63) is 23.7 Å². The summed E-state index contributed by atoms with van der Waals surface area (Å²) < 4.78 is 9.75. The van der Waals surface area contributed by atoms with Crippen molar-refractivity contribution in [2.75, 3.05) is 13.7 Å². The molecule has 0 aliphatic carbocycles. The predicted octanol–water partition coefficient (Wildman–Crippen LogP) is 1.18. The lowest BCUT2D eigenvalue weighted by molar-refractivity contribution is 0.0563. The van der Waals surface area contributed by atoms with Gasteiger partial charge in [-0.3, -0.25) is 5.32 Å². The van der Waals surface area contributed by atoms with Gasteiger partial charge in [0.25, 0.3) is 0 Å². The van der Waals surface area contributed by atoms with Gasteiger partial charge in [-0.15, -0.1) is 5.92 Å². The third kappa shape index (κ3) is 3.49. The number of carbonyl (C=O) groups is 1. The first-order valence-corrected chi connectivity index (χ1v) is 4.55. The number of nitrogens with one attached hydrogen (secondary N) is 1. The normalized spacial score (nSPS) is 9.20. The minimum atomic E-state index is -0.463. The van der Waals surface area contributed by atoms with E-state index in [4.69, 9.17) is 4.42 Å². The first-order valence-electron chi connectivity index (χ1n) is 4.55. The molecule has 0 aliphatic heterocycles. The van der Waals surface area contributed by atoms with Crippen molar-refractivity contribution in [1.82, 2.24) is 5.32 Å². The van der Waals surface area contributed by atoms with Gasteiger partial charge in [0.05, 0.1) is 20.2 Å². The molecule has 80 valence electrons. The fraction of sp³-hybridized carbons (Fsp3) is 0.364. The number of carbonyl (C=O) groups excluding carboxylic acids is 1. The number of ether oxygens (including phenoxy) is 1. The Balaban J connectivity index is 2.45. The summed E-state index contributed by atoms with van der Waals surface area (Å²) in [6.07, 6.45) is 0. The second-order valence-electron chi connectivity index (χ2n) is 2.79. The van der Waals surface area contributed by atoms with E-state index in [1.807, 2.05) is 0 Å². The van der Waals surface area contributed by atoms with Crippen molar-refractivity contribution in [1.29, 1.82) is 0 Å². The first-order chi connectivity index (χ1) is 7.27. The van der Waals surface area contributed by atoms with Gasteiger partial charge < -0.3 is 9.15 Å². The van der Waals surface area contributed by atoms with Crippen LogP contribution in [0.1, 0.15) is 23.2 Å². The number of esters is 1. The zero-order chi connectivity index (χ0) is 11.1. The molecule has 1 heterocycles. The summed E-state index contributed by atoms with van der Waals surface area (Å²) in [5.74, 6) is 6.08. The molecule has 0 atom stereocenters. The van der Waals surface area contributed by atoms with Crippen LogP contribution in [-0.4, -0.2) is 19.6 Å². The van der Waals surface area contributed by atoms with Gasteiger partial charge in [-0.25, -0.2) is 4.79 Å². The molecule has 4 heteroatoms. The molecule has 0 aromatic carbocycles. The summed E-state index contributed by atoms with van der Waals surface area (Å²) in [5, 5.41) is 3.05. The molecule has 1 aromatic heterocycles. The lowest BCUT2D eigenvalue weighted by Crippen LogP contribution is -2.12. The van der Waals surface area contributed by atoms with Crippen molar-refractivity contribution >= 4 is 5.97 Å². The molecule has 15 heavy (non-hydrogen) atoms. The van der Waals surface area contributed by atoms with E-state index < -0.39 is 5.97 Å². The van der Waals surface area contributed by atoms with Crippen LogP contribution in [0.5, 0.6) is 0 Å². The highest BCUT2D eigenvalue weighted by Crippen LogP contribution is 2.08. The van der Waals surface area contributed by atoms with E-state index >= 15 is 0 Å². The number of hydrogen-bond acceptors (Lipinski definition) is 4. The van der Waals surface area contributed by atoms with Crippen LogP contribution in [0.25, 0.3) is 0 Å². The number of hydrogen-bond donors (Lipinski definition) is 1. The lowest BCUT2D eigenvalue weighted by Gasteiger charge is -1.96. The summed E-state index contributed by atoms with van der Waals surface area (Å²) in [4.78, 5) is 11.0. The molecule has 0 unspecified atom stereocenters. The van der Waals surface area contributed by atoms with Crippen LogP contribution in [0.3, 0.4) is 0 Å². The average molecular weight is 207 g/mol. The monoisotopic (exact) mass is 207 g/mol. The average Bonchev–Trinajstić information content (AvgIpc) is 2.72. The smallest absolute Gasteiger partial charge is 0.373 e. The predicted molar refractivity (Wildman–Crippen MR) is 55.2 cm³/mol. The van der Waals surface area contributed by atoms with Crippen LogP contribution in [0.2, 0.25) is 0 Å². The van der Waals surface area contributed by atoms with Crippen LogP contribution >= 0.6 is 0 Å². The molecule has 4 nitrogen and oxygen atoms in total.